The van der Waals surface area contributed by atoms with Crippen LogP contribution in [-0.4, -0.2) is 18.2 Å². The minimum absolute atomic E-state index is 0.191. The SMILES string of the molecule is Cc1ccc(S(=O)(=O)Nc2ccn(Cc3ccccc3F)n2)c(C)c1. The largest absolute Gasteiger partial charge is 0.266 e. The molecule has 1 N–H and O–H groups in total. The highest BCUT2D eigenvalue weighted by Crippen LogP contribution is 2.19. The van der Waals surface area contributed by atoms with Gasteiger partial charge in [-0.25, -0.2) is 12.8 Å². The molecule has 0 radical (unpaired) electrons. The first-order valence-electron chi connectivity index (χ1n) is 7.72. The summed E-state index contributed by atoms with van der Waals surface area (Å²) in [5.74, 6) is -0.133. The smallest absolute Gasteiger partial charge is 0.263 e. The molecule has 7 heteroatoms. The molecule has 0 aliphatic heterocycles. The van der Waals surface area contributed by atoms with Crippen molar-refractivity contribution < 1.29 is 12.8 Å². The van der Waals surface area contributed by atoms with Gasteiger partial charge in [-0.05, 0) is 31.5 Å². The topological polar surface area (TPSA) is 64.0 Å². The fourth-order valence-corrected chi connectivity index (χ4v) is 3.82. The maximum Gasteiger partial charge on any atom is 0.263 e. The summed E-state index contributed by atoms with van der Waals surface area (Å²) in [6, 6.07) is 13.1. The van der Waals surface area contributed by atoms with Gasteiger partial charge >= 0.3 is 0 Å². The number of sulfonamides is 1. The fourth-order valence-electron chi connectivity index (χ4n) is 2.60. The zero-order valence-corrected chi connectivity index (χ0v) is 14.7. The van der Waals surface area contributed by atoms with Gasteiger partial charge in [0.25, 0.3) is 10.0 Å². The van der Waals surface area contributed by atoms with E-state index in [2.05, 4.69) is 9.82 Å². The molecule has 0 bridgehead atoms. The quantitative estimate of drug-likeness (QED) is 0.758. The molecular formula is C18H18FN3O2S. The lowest BCUT2D eigenvalue weighted by Gasteiger charge is -2.09. The van der Waals surface area contributed by atoms with E-state index in [0.717, 1.165) is 5.56 Å². The number of anilines is 1. The van der Waals surface area contributed by atoms with Gasteiger partial charge in [0.05, 0.1) is 11.4 Å². The van der Waals surface area contributed by atoms with Crippen LogP contribution in [0.4, 0.5) is 10.2 Å². The molecule has 1 aromatic heterocycles. The molecule has 2 aromatic carbocycles. The molecule has 3 aromatic rings. The van der Waals surface area contributed by atoms with Gasteiger partial charge in [0.2, 0.25) is 0 Å². The van der Waals surface area contributed by atoms with E-state index in [-0.39, 0.29) is 23.1 Å². The van der Waals surface area contributed by atoms with Crippen LogP contribution in [0.3, 0.4) is 0 Å². The Kier molecular flexibility index (Phi) is 4.59. The Morgan fingerprint density at radius 3 is 2.60 bits per heavy atom. The summed E-state index contributed by atoms with van der Waals surface area (Å²) in [5.41, 5.74) is 2.14. The minimum Gasteiger partial charge on any atom is -0.266 e. The van der Waals surface area contributed by atoms with Gasteiger partial charge < -0.3 is 0 Å². The van der Waals surface area contributed by atoms with Gasteiger partial charge in [0.1, 0.15) is 5.82 Å². The summed E-state index contributed by atoms with van der Waals surface area (Å²) in [6.07, 6.45) is 1.60. The monoisotopic (exact) mass is 359 g/mol. The predicted octanol–water partition coefficient (Wildman–Crippen LogP) is 3.49. The van der Waals surface area contributed by atoms with Crippen LogP contribution in [0.5, 0.6) is 0 Å². The van der Waals surface area contributed by atoms with Gasteiger partial charge in [0, 0.05) is 17.8 Å². The van der Waals surface area contributed by atoms with Gasteiger partial charge in [-0.2, -0.15) is 5.10 Å². The highest BCUT2D eigenvalue weighted by molar-refractivity contribution is 7.92. The molecule has 25 heavy (non-hydrogen) atoms. The van der Waals surface area contributed by atoms with E-state index < -0.39 is 10.0 Å². The number of nitrogens with zero attached hydrogens (tertiary/aromatic N) is 2. The fraction of sp³-hybridized carbons (Fsp3) is 0.167. The third-order valence-corrected chi connectivity index (χ3v) is 5.30. The number of aromatic nitrogens is 2. The molecule has 0 unspecified atom stereocenters. The lowest BCUT2D eigenvalue weighted by molar-refractivity contribution is 0.585. The van der Waals surface area contributed by atoms with E-state index in [1.807, 2.05) is 13.0 Å². The maximum absolute atomic E-state index is 13.7. The van der Waals surface area contributed by atoms with Crippen LogP contribution in [0.1, 0.15) is 16.7 Å². The summed E-state index contributed by atoms with van der Waals surface area (Å²) in [6.45, 7) is 3.87. The zero-order valence-electron chi connectivity index (χ0n) is 13.9. The molecule has 3 rings (SSSR count). The first kappa shape index (κ1) is 17.2. The molecule has 0 saturated heterocycles. The highest BCUT2D eigenvalue weighted by atomic mass is 32.2. The number of benzene rings is 2. The standard InChI is InChI=1S/C18H18FN3O2S/c1-13-7-8-17(14(2)11-13)25(23,24)21-18-9-10-22(20-18)12-15-5-3-4-6-16(15)19/h3-11H,12H2,1-2H3,(H,20,21). The van der Waals surface area contributed by atoms with Crippen molar-refractivity contribution in [3.05, 3.63) is 77.2 Å². The Morgan fingerprint density at radius 1 is 1.12 bits per heavy atom. The van der Waals surface area contributed by atoms with Crippen LogP contribution in [0.25, 0.3) is 0 Å². The van der Waals surface area contributed by atoms with Crippen molar-refractivity contribution in [2.24, 2.45) is 0 Å². The van der Waals surface area contributed by atoms with Crippen molar-refractivity contribution in [1.82, 2.24) is 9.78 Å². The van der Waals surface area contributed by atoms with E-state index >= 15 is 0 Å². The summed E-state index contributed by atoms with van der Waals surface area (Å²) < 4.78 is 42.7. The van der Waals surface area contributed by atoms with Gasteiger partial charge in [-0.15, -0.1) is 0 Å². The first-order chi connectivity index (χ1) is 11.8. The predicted molar refractivity (Wildman–Crippen MR) is 94.5 cm³/mol. The molecule has 0 aliphatic rings. The van der Waals surface area contributed by atoms with Crippen LogP contribution in [-0.2, 0) is 16.6 Å². The van der Waals surface area contributed by atoms with Crippen molar-refractivity contribution >= 4 is 15.8 Å². The lowest BCUT2D eigenvalue weighted by atomic mass is 10.2. The number of hydrogen-bond donors (Lipinski definition) is 1. The van der Waals surface area contributed by atoms with Gasteiger partial charge in [0.15, 0.2) is 5.82 Å². The third-order valence-electron chi connectivity index (χ3n) is 3.79. The normalized spacial score (nSPS) is 11.5. The first-order valence-corrected chi connectivity index (χ1v) is 9.20. The molecule has 0 aliphatic carbocycles. The van der Waals surface area contributed by atoms with Crippen LogP contribution < -0.4 is 4.72 Å². The van der Waals surface area contributed by atoms with Crippen LogP contribution in [0, 0.1) is 19.7 Å². The number of hydrogen-bond acceptors (Lipinski definition) is 3. The molecule has 1 heterocycles. The van der Waals surface area contributed by atoms with Crippen LogP contribution in [0.2, 0.25) is 0 Å². The van der Waals surface area contributed by atoms with Crippen molar-refractivity contribution in [3.8, 4) is 0 Å². The minimum atomic E-state index is -3.73. The summed E-state index contributed by atoms with van der Waals surface area (Å²) in [4.78, 5) is 0.210. The maximum atomic E-state index is 13.7. The Morgan fingerprint density at radius 2 is 1.88 bits per heavy atom. The molecule has 0 amide bonds. The summed E-state index contributed by atoms with van der Waals surface area (Å²) in [7, 11) is -3.73. The van der Waals surface area contributed by atoms with Crippen molar-refractivity contribution in [2.45, 2.75) is 25.3 Å². The molecule has 0 saturated carbocycles. The highest BCUT2D eigenvalue weighted by Gasteiger charge is 2.18. The Labute approximate surface area is 146 Å². The molecular weight excluding hydrogens is 341 g/mol. The zero-order chi connectivity index (χ0) is 18.0. The molecule has 0 fully saturated rings. The summed E-state index contributed by atoms with van der Waals surface area (Å²) >= 11 is 0. The van der Waals surface area contributed by atoms with Crippen LogP contribution >= 0.6 is 0 Å². The molecule has 5 nitrogen and oxygen atoms in total. The van der Waals surface area contributed by atoms with E-state index in [9.17, 15) is 12.8 Å². The van der Waals surface area contributed by atoms with Gasteiger partial charge in [-0.3, -0.25) is 9.40 Å². The summed E-state index contributed by atoms with van der Waals surface area (Å²) in [5, 5.41) is 4.16. The number of rotatable bonds is 5. The van der Waals surface area contributed by atoms with E-state index in [1.165, 1.54) is 10.7 Å². The average molecular weight is 359 g/mol. The molecule has 0 atom stereocenters. The van der Waals surface area contributed by atoms with Crippen LogP contribution in [0.15, 0.2) is 59.6 Å². The van der Waals surface area contributed by atoms with Crippen molar-refractivity contribution in [1.29, 1.82) is 0 Å². The third kappa shape index (κ3) is 3.88. The van der Waals surface area contributed by atoms with E-state index in [4.69, 9.17) is 0 Å². The lowest BCUT2D eigenvalue weighted by Crippen LogP contribution is -2.15. The van der Waals surface area contributed by atoms with Crippen molar-refractivity contribution in [2.75, 3.05) is 4.72 Å². The number of halogens is 1. The van der Waals surface area contributed by atoms with E-state index in [0.29, 0.717) is 11.1 Å². The second kappa shape index (κ2) is 6.68. The van der Waals surface area contributed by atoms with Crippen molar-refractivity contribution in [3.63, 3.8) is 0 Å². The van der Waals surface area contributed by atoms with Gasteiger partial charge in [-0.1, -0.05) is 35.9 Å². The Hall–Kier alpha value is -2.67. The Balaban J connectivity index is 1.80. The van der Waals surface area contributed by atoms with E-state index in [1.54, 1.807) is 49.5 Å². The average Bonchev–Trinajstić information content (AvgIpc) is 2.95. The second-order valence-corrected chi connectivity index (χ2v) is 7.52. The number of nitrogens with one attached hydrogen (secondary N) is 1. The number of aryl methyl sites for hydroxylation is 2. The Bertz CT molecular complexity index is 1010. The molecule has 0 spiro atoms. The molecule has 130 valence electrons. The second-order valence-electron chi connectivity index (χ2n) is 5.86.